The fraction of sp³-hybridized carbons (Fsp3) is 0.421. The first-order chi connectivity index (χ1) is 10.7. The molecule has 0 bridgehead atoms. The predicted molar refractivity (Wildman–Crippen MR) is 90.4 cm³/mol. The van der Waals surface area contributed by atoms with Crippen LogP contribution in [0.15, 0.2) is 43.0 Å². The van der Waals surface area contributed by atoms with Gasteiger partial charge in [0, 0.05) is 13.0 Å². The second-order valence-corrected chi connectivity index (χ2v) is 4.88. The number of carbonyl (C=O) groups is 1. The van der Waals surface area contributed by atoms with Crippen molar-refractivity contribution in [1.29, 1.82) is 0 Å². The summed E-state index contributed by atoms with van der Waals surface area (Å²) in [7, 11) is 0. The number of carbonyl (C=O) groups excluding carboxylic acids is 1. The molecule has 0 aliphatic heterocycles. The normalized spacial score (nSPS) is 11.0. The maximum atomic E-state index is 12.2. The standard InChI is InChI=1S/C19H25NO2/c1-4-7-8-12-15-18(17-13-10-9-11-14-17)20(16-5-2)19(21)22-6-3/h5,9-11,13-14,18H,2,4,6-8,16H2,1,3H3. The molecular weight excluding hydrogens is 274 g/mol. The molecular formula is C19H25NO2. The summed E-state index contributed by atoms with van der Waals surface area (Å²) in [4.78, 5) is 13.8. The van der Waals surface area contributed by atoms with E-state index >= 15 is 0 Å². The van der Waals surface area contributed by atoms with Crippen LogP contribution in [-0.4, -0.2) is 24.1 Å². The van der Waals surface area contributed by atoms with Gasteiger partial charge in [-0.2, -0.15) is 0 Å². The van der Waals surface area contributed by atoms with Gasteiger partial charge in [0.05, 0.1) is 6.61 Å². The van der Waals surface area contributed by atoms with Gasteiger partial charge in [-0.3, -0.25) is 4.90 Å². The van der Waals surface area contributed by atoms with Crippen molar-refractivity contribution in [2.45, 2.75) is 39.2 Å². The van der Waals surface area contributed by atoms with Gasteiger partial charge in [0.1, 0.15) is 6.04 Å². The number of benzene rings is 1. The van der Waals surface area contributed by atoms with Gasteiger partial charge < -0.3 is 4.74 Å². The van der Waals surface area contributed by atoms with Gasteiger partial charge in [0.2, 0.25) is 0 Å². The van der Waals surface area contributed by atoms with Crippen molar-refractivity contribution in [3.63, 3.8) is 0 Å². The zero-order valence-electron chi connectivity index (χ0n) is 13.5. The molecule has 0 N–H and O–H groups in total. The number of hydrogen-bond donors (Lipinski definition) is 0. The molecule has 1 aromatic carbocycles. The molecule has 1 unspecified atom stereocenters. The summed E-state index contributed by atoms with van der Waals surface area (Å²) in [5, 5.41) is 0. The van der Waals surface area contributed by atoms with Crippen molar-refractivity contribution in [1.82, 2.24) is 4.90 Å². The van der Waals surface area contributed by atoms with Crippen molar-refractivity contribution in [2.75, 3.05) is 13.2 Å². The molecule has 3 heteroatoms. The first-order valence-corrected chi connectivity index (χ1v) is 7.82. The first-order valence-electron chi connectivity index (χ1n) is 7.82. The van der Waals surface area contributed by atoms with E-state index in [0.29, 0.717) is 13.2 Å². The van der Waals surface area contributed by atoms with Crippen LogP contribution in [0.5, 0.6) is 0 Å². The molecule has 0 aliphatic rings. The molecule has 3 nitrogen and oxygen atoms in total. The van der Waals surface area contributed by atoms with E-state index in [1.165, 1.54) is 0 Å². The lowest BCUT2D eigenvalue weighted by atomic mass is 10.1. The van der Waals surface area contributed by atoms with Crippen LogP contribution in [0.2, 0.25) is 0 Å². The molecule has 118 valence electrons. The third-order valence-electron chi connectivity index (χ3n) is 3.15. The Kier molecular flexibility index (Phi) is 8.52. The Labute approximate surface area is 134 Å². The Hall–Kier alpha value is -2.21. The third-order valence-corrected chi connectivity index (χ3v) is 3.15. The number of amides is 1. The lowest BCUT2D eigenvalue weighted by Crippen LogP contribution is -2.35. The maximum absolute atomic E-state index is 12.2. The van der Waals surface area contributed by atoms with E-state index in [1.807, 2.05) is 30.3 Å². The molecule has 0 aromatic heterocycles. The van der Waals surface area contributed by atoms with Crippen molar-refractivity contribution in [3.8, 4) is 11.8 Å². The number of rotatable bonds is 7. The van der Waals surface area contributed by atoms with Gasteiger partial charge in [-0.1, -0.05) is 55.7 Å². The zero-order valence-corrected chi connectivity index (χ0v) is 13.5. The average molecular weight is 299 g/mol. The number of nitrogens with zero attached hydrogens (tertiary/aromatic N) is 1. The molecule has 0 radical (unpaired) electrons. The van der Waals surface area contributed by atoms with Gasteiger partial charge in [-0.25, -0.2) is 4.79 Å². The molecule has 1 rings (SSSR count). The van der Waals surface area contributed by atoms with E-state index in [9.17, 15) is 4.79 Å². The summed E-state index contributed by atoms with van der Waals surface area (Å²) < 4.78 is 5.16. The van der Waals surface area contributed by atoms with Gasteiger partial charge in [-0.15, -0.1) is 12.5 Å². The van der Waals surface area contributed by atoms with Crippen LogP contribution in [0.25, 0.3) is 0 Å². The Balaban J connectivity index is 3.06. The van der Waals surface area contributed by atoms with Gasteiger partial charge >= 0.3 is 6.09 Å². The molecule has 1 amide bonds. The summed E-state index contributed by atoms with van der Waals surface area (Å²) in [5.74, 6) is 6.41. The largest absolute Gasteiger partial charge is 0.450 e. The van der Waals surface area contributed by atoms with Gasteiger partial charge in [0.15, 0.2) is 0 Å². The minimum atomic E-state index is -0.360. The summed E-state index contributed by atoms with van der Waals surface area (Å²) in [6.07, 6.45) is 4.35. The lowest BCUT2D eigenvalue weighted by molar-refractivity contribution is 0.104. The highest BCUT2D eigenvalue weighted by molar-refractivity contribution is 5.69. The smallest absolute Gasteiger partial charge is 0.411 e. The molecule has 0 fully saturated rings. The Morgan fingerprint density at radius 1 is 1.36 bits per heavy atom. The first kappa shape index (κ1) is 17.8. The van der Waals surface area contributed by atoms with Crippen LogP contribution < -0.4 is 0 Å². The third kappa shape index (κ3) is 5.65. The van der Waals surface area contributed by atoms with E-state index in [2.05, 4.69) is 25.3 Å². The van der Waals surface area contributed by atoms with Crippen molar-refractivity contribution >= 4 is 6.09 Å². The molecule has 1 atom stereocenters. The molecule has 0 saturated heterocycles. The Bertz CT molecular complexity index is 513. The molecule has 0 saturated carbocycles. The topological polar surface area (TPSA) is 29.5 Å². The van der Waals surface area contributed by atoms with Crippen molar-refractivity contribution < 1.29 is 9.53 Å². The highest BCUT2D eigenvalue weighted by Gasteiger charge is 2.23. The summed E-state index contributed by atoms with van der Waals surface area (Å²) in [5.41, 5.74) is 0.987. The van der Waals surface area contributed by atoms with E-state index < -0.39 is 0 Å². The Morgan fingerprint density at radius 3 is 2.68 bits per heavy atom. The number of ether oxygens (including phenoxy) is 1. The molecule has 0 aliphatic carbocycles. The fourth-order valence-corrected chi connectivity index (χ4v) is 2.04. The van der Waals surface area contributed by atoms with Crippen molar-refractivity contribution in [2.24, 2.45) is 0 Å². The van der Waals surface area contributed by atoms with Crippen molar-refractivity contribution in [3.05, 3.63) is 48.6 Å². The minimum absolute atomic E-state index is 0.310. The maximum Gasteiger partial charge on any atom is 0.411 e. The summed E-state index contributed by atoms with van der Waals surface area (Å²) in [6.45, 7) is 8.42. The second kappa shape index (κ2) is 10.5. The quantitative estimate of drug-likeness (QED) is 0.419. The van der Waals surface area contributed by atoms with E-state index in [4.69, 9.17) is 4.74 Å². The van der Waals surface area contributed by atoms with Gasteiger partial charge in [0.25, 0.3) is 0 Å². The fourth-order valence-electron chi connectivity index (χ4n) is 2.04. The molecule has 22 heavy (non-hydrogen) atoms. The monoisotopic (exact) mass is 299 g/mol. The lowest BCUT2D eigenvalue weighted by Gasteiger charge is -2.26. The second-order valence-electron chi connectivity index (χ2n) is 4.88. The Morgan fingerprint density at radius 2 is 2.09 bits per heavy atom. The molecule has 1 aromatic rings. The minimum Gasteiger partial charge on any atom is -0.450 e. The predicted octanol–water partition coefficient (Wildman–Crippen LogP) is 4.57. The highest BCUT2D eigenvalue weighted by atomic mass is 16.6. The molecule has 0 heterocycles. The van der Waals surface area contributed by atoms with Crippen LogP contribution in [0.3, 0.4) is 0 Å². The highest BCUT2D eigenvalue weighted by Crippen LogP contribution is 2.21. The molecule has 0 spiro atoms. The summed E-state index contributed by atoms with van der Waals surface area (Å²) >= 11 is 0. The van der Waals surface area contributed by atoms with Crippen LogP contribution in [0, 0.1) is 11.8 Å². The van der Waals surface area contributed by atoms with E-state index in [-0.39, 0.29) is 12.1 Å². The van der Waals surface area contributed by atoms with E-state index in [1.54, 1.807) is 17.9 Å². The van der Waals surface area contributed by atoms with Crippen LogP contribution >= 0.6 is 0 Å². The number of hydrogen-bond acceptors (Lipinski definition) is 2. The van der Waals surface area contributed by atoms with Gasteiger partial charge in [-0.05, 0) is 18.9 Å². The van der Waals surface area contributed by atoms with E-state index in [0.717, 1.165) is 24.8 Å². The van der Waals surface area contributed by atoms with Crippen LogP contribution in [0.1, 0.15) is 44.7 Å². The average Bonchev–Trinajstić information content (AvgIpc) is 2.54. The zero-order chi connectivity index (χ0) is 16.2. The van der Waals surface area contributed by atoms with Crippen LogP contribution in [0.4, 0.5) is 4.79 Å². The SMILES string of the molecule is C=CCN(C(=O)OCC)C(C#CCCCC)c1ccccc1. The summed E-state index contributed by atoms with van der Waals surface area (Å²) in [6, 6.07) is 9.51. The van der Waals surface area contributed by atoms with Crippen LogP contribution in [-0.2, 0) is 4.74 Å². The number of unbranched alkanes of at least 4 members (excludes halogenated alkanes) is 2.